The summed E-state index contributed by atoms with van der Waals surface area (Å²) in [5.41, 5.74) is 3.30. The standard InChI is InChI=1S/C14H24N.Li/c1-7-13(3,4)11-9-10-12(15-11)14(5,6)8-2;/h9,15H,7-8H2,1-6H3;. The van der Waals surface area contributed by atoms with Gasteiger partial charge < -0.3 is 0 Å². The Balaban J connectivity index is 3.18. The fraction of sp³-hybridized carbons (Fsp3) is 0.714. The van der Waals surface area contributed by atoms with Crippen molar-refractivity contribution in [2.75, 3.05) is 0 Å². The zero-order chi connectivity index (χ0) is 12.6. The van der Waals surface area contributed by atoms with Crippen LogP contribution in [-0.4, -0.2) is 22.7 Å². The first kappa shape index (κ1) is 13.9. The summed E-state index contributed by atoms with van der Waals surface area (Å²) in [5.74, 6) is 0. The molecule has 0 radical (unpaired) electrons. The van der Waals surface area contributed by atoms with E-state index in [1.54, 1.807) is 0 Å². The van der Waals surface area contributed by atoms with E-state index in [0.717, 1.165) is 0 Å². The summed E-state index contributed by atoms with van der Waals surface area (Å²) in [5, 5.41) is 0. The molecule has 0 aliphatic carbocycles. The molecule has 1 aromatic rings. The minimum atomic E-state index is 0.256. The van der Waals surface area contributed by atoms with Gasteiger partial charge in [-0.3, -0.25) is 0 Å². The summed E-state index contributed by atoms with van der Waals surface area (Å²) in [6, 6.07) is 2.33. The molecule has 1 N–H and O–H groups in total. The van der Waals surface area contributed by atoms with E-state index < -0.39 is 0 Å². The van der Waals surface area contributed by atoms with Crippen LogP contribution in [0.25, 0.3) is 0 Å². The van der Waals surface area contributed by atoms with Crippen LogP contribution in [0, 0.1) is 0 Å². The van der Waals surface area contributed by atoms with Crippen molar-refractivity contribution in [3.8, 4) is 0 Å². The quantitative estimate of drug-likeness (QED) is 0.739. The van der Waals surface area contributed by atoms with Crippen molar-refractivity contribution in [1.82, 2.24) is 4.98 Å². The third kappa shape index (κ3) is 2.58. The third-order valence-corrected chi connectivity index (χ3v) is 4.19. The van der Waals surface area contributed by atoms with Crippen molar-refractivity contribution >= 4 is 22.0 Å². The van der Waals surface area contributed by atoms with Gasteiger partial charge in [0, 0.05) is 0 Å². The second-order valence-corrected chi connectivity index (χ2v) is 6.22. The average Bonchev–Trinajstić information content (AvgIpc) is 2.61. The molecule has 1 nitrogen and oxygen atoms in total. The van der Waals surface area contributed by atoms with E-state index >= 15 is 0 Å². The maximum atomic E-state index is 3.66. The zero-order valence-corrected chi connectivity index (χ0v) is 12.0. The van der Waals surface area contributed by atoms with Crippen molar-refractivity contribution in [3.63, 3.8) is 0 Å². The van der Waals surface area contributed by atoms with Crippen molar-refractivity contribution in [1.29, 1.82) is 0 Å². The molecule has 0 bridgehead atoms. The first-order valence-electron chi connectivity index (χ1n) is 6.45. The fourth-order valence-corrected chi connectivity index (χ4v) is 1.99. The number of nitrogens with one attached hydrogen (secondary N) is 1. The SMILES string of the molecule is [Li][c]1cc(C(C)(C)CC)[nH]c1C(C)(C)CC. The molecule has 0 aromatic carbocycles. The molecule has 0 spiro atoms. The number of aromatic amines is 1. The van der Waals surface area contributed by atoms with Crippen LogP contribution < -0.4 is 4.24 Å². The molecular weight excluding hydrogens is 189 g/mol. The number of aromatic nitrogens is 1. The number of hydrogen-bond acceptors (Lipinski definition) is 0. The molecule has 0 saturated heterocycles. The van der Waals surface area contributed by atoms with E-state index in [0.29, 0.717) is 0 Å². The third-order valence-electron chi connectivity index (χ3n) is 4.19. The molecule has 0 fully saturated rings. The van der Waals surface area contributed by atoms with E-state index in [1.807, 2.05) is 0 Å². The molecule has 86 valence electrons. The first-order chi connectivity index (χ1) is 7.24. The molecule has 0 aliphatic heterocycles. The van der Waals surface area contributed by atoms with Crippen LogP contribution in [0.15, 0.2) is 6.07 Å². The van der Waals surface area contributed by atoms with Crippen LogP contribution >= 0.6 is 0 Å². The van der Waals surface area contributed by atoms with E-state index in [1.165, 1.54) is 28.5 Å². The van der Waals surface area contributed by atoms with E-state index in [2.05, 4.69) is 70.3 Å². The van der Waals surface area contributed by atoms with Gasteiger partial charge in [0.25, 0.3) is 0 Å². The molecule has 1 rings (SSSR count). The van der Waals surface area contributed by atoms with Gasteiger partial charge >= 0.3 is 110 Å². The van der Waals surface area contributed by atoms with E-state index in [4.69, 9.17) is 0 Å². The second kappa shape index (κ2) is 4.63. The maximum absolute atomic E-state index is 3.66. The van der Waals surface area contributed by atoms with Gasteiger partial charge in [0.05, 0.1) is 0 Å². The van der Waals surface area contributed by atoms with E-state index in [9.17, 15) is 0 Å². The monoisotopic (exact) mass is 213 g/mol. The van der Waals surface area contributed by atoms with Crippen molar-refractivity contribution in [2.45, 2.75) is 65.2 Å². The molecule has 0 amide bonds. The topological polar surface area (TPSA) is 15.8 Å². The van der Waals surface area contributed by atoms with Crippen molar-refractivity contribution < 1.29 is 0 Å². The van der Waals surface area contributed by atoms with Crippen LogP contribution in [0.3, 0.4) is 0 Å². The molecule has 0 saturated carbocycles. The normalized spacial score (nSPS) is 13.2. The summed E-state index contributed by atoms with van der Waals surface area (Å²) in [6.45, 7) is 13.7. The van der Waals surface area contributed by atoms with E-state index in [-0.39, 0.29) is 10.8 Å². The summed E-state index contributed by atoms with van der Waals surface area (Å²) in [6.07, 6.45) is 2.33. The van der Waals surface area contributed by atoms with Crippen molar-refractivity contribution in [3.05, 3.63) is 17.5 Å². The Labute approximate surface area is 110 Å². The van der Waals surface area contributed by atoms with Crippen LogP contribution in [-0.2, 0) is 10.8 Å². The summed E-state index contributed by atoms with van der Waals surface area (Å²) in [4.78, 5) is 3.66. The Kier molecular flexibility index (Phi) is 4.03. The van der Waals surface area contributed by atoms with Gasteiger partial charge in [0.1, 0.15) is 0 Å². The van der Waals surface area contributed by atoms with Gasteiger partial charge in [-0.05, 0) is 0 Å². The first-order valence-corrected chi connectivity index (χ1v) is 6.45. The average molecular weight is 213 g/mol. The molecular formula is C14H24LiN. The molecule has 0 atom stereocenters. The van der Waals surface area contributed by atoms with Crippen LogP contribution in [0.4, 0.5) is 0 Å². The van der Waals surface area contributed by atoms with Gasteiger partial charge in [-0.15, -0.1) is 0 Å². The van der Waals surface area contributed by atoms with Crippen LogP contribution in [0.2, 0.25) is 0 Å². The van der Waals surface area contributed by atoms with Crippen LogP contribution in [0.5, 0.6) is 0 Å². The molecule has 1 aromatic heterocycles. The Morgan fingerprint density at radius 2 is 1.56 bits per heavy atom. The second-order valence-electron chi connectivity index (χ2n) is 6.22. The molecule has 16 heavy (non-hydrogen) atoms. The fourth-order valence-electron chi connectivity index (χ4n) is 1.99. The van der Waals surface area contributed by atoms with Gasteiger partial charge in [-0.2, -0.15) is 0 Å². The summed E-state index contributed by atoms with van der Waals surface area (Å²) >= 11 is 2.22. The van der Waals surface area contributed by atoms with Crippen molar-refractivity contribution in [2.24, 2.45) is 0 Å². The summed E-state index contributed by atoms with van der Waals surface area (Å²) in [7, 11) is 0. The minimum absolute atomic E-state index is 0.256. The zero-order valence-electron chi connectivity index (χ0n) is 12.0. The summed E-state index contributed by atoms with van der Waals surface area (Å²) < 4.78 is 1.41. The Hall–Kier alpha value is -0.123. The molecule has 2 heteroatoms. The number of rotatable bonds is 4. The predicted octanol–water partition coefficient (Wildman–Crippen LogP) is 3.18. The Bertz CT molecular complexity index is 361. The van der Waals surface area contributed by atoms with Gasteiger partial charge in [-0.1, -0.05) is 0 Å². The number of hydrogen-bond donors (Lipinski definition) is 1. The molecule has 1 heterocycles. The Morgan fingerprint density at radius 3 is 2.00 bits per heavy atom. The number of H-pyrrole nitrogens is 1. The van der Waals surface area contributed by atoms with Gasteiger partial charge in [0.2, 0.25) is 0 Å². The molecule has 0 aliphatic rings. The Morgan fingerprint density at radius 1 is 1.06 bits per heavy atom. The molecule has 0 unspecified atom stereocenters. The van der Waals surface area contributed by atoms with Gasteiger partial charge in [-0.25, -0.2) is 0 Å². The van der Waals surface area contributed by atoms with Crippen LogP contribution in [0.1, 0.15) is 65.8 Å². The van der Waals surface area contributed by atoms with Gasteiger partial charge in [0.15, 0.2) is 0 Å². The predicted molar refractivity (Wildman–Crippen MR) is 72.8 cm³/mol.